The molecule has 3 nitrogen and oxygen atoms in total. The normalized spacial score (nSPS) is 11.0. The van der Waals surface area contributed by atoms with Crippen LogP contribution < -0.4 is 0 Å². The minimum Gasteiger partial charge on any atom is -0.378 e. The molecule has 0 spiro atoms. The van der Waals surface area contributed by atoms with Crippen LogP contribution in [0.5, 0.6) is 0 Å². The molecule has 4 heteroatoms. The molecule has 110 valence electrons. The first-order valence-corrected chi connectivity index (χ1v) is 8.05. The van der Waals surface area contributed by atoms with Crippen LogP contribution in [0.1, 0.15) is 25.0 Å². The molecular formula is C17H18O3S. The lowest BCUT2D eigenvalue weighted by molar-refractivity contribution is 0.460. The van der Waals surface area contributed by atoms with Gasteiger partial charge in [-0.25, -0.2) is 0 Å². The van der Waals surface area contributed by atoms with Crippen molar-refractivity contribution in [3.05, 3.63) is 71.3 Å². The summed E-state index contributed by atoms with van der Waals surface area (Å²) in [5.74, 6) is 0.374. The third-order valence-corrected chi connectivity index (χ3v) is 4.43. The summed E-state index contributed by atoms with van der Waals surface area (Å²) in [5.41, 5.74) is 2.21. The van der Waals surface area contributed by atoms with Gasteiger partial charge in [0.2, 0.25) is 0 Å². The van der Waals surface area contributed by atoms with E-state index in [9.17, 15) is 8.42 Å². The second-order valence-electron chi connectivity index (χ2n) is 5.00. The Morgan fingerprint density at radius 2 is 1.48 bits per heavy atom. The molecule has 21 heavy (non-hydrogen) atoms. The summed E-state index contributed by atoms with van der Waals surface area (Å²) in [6.45, 7) is 5.41. The van der Waals surface area contributed by atoms with Crippen molar-refractivity contribution in [3.63, 3.8) is 0 Å². The van der Waals surface area contributed by atoms with Crippen LogP contribution in [0.3, 0.4) is 0 Å². The maximum atomic E-state index is 12.5. The van der Waals surface area contributed by atoms with Crippen molar-refractivity contribution >= 4 is 15.9 Å². The van der Waals surface area contributed by atoms with E-state index in [-0.39, 0.29) is 4.90 Å². The molecule has 0 radical (unpaired) electrons. The summed E-state index contributed by atoms with van der Waals surface area (Å²) in [6.07, 6.45) is 0. The third kappa shape index (κ3) is 3.52. The molecule has 0 atom stereocenters. The summed E-state index contributed by atoms with van der Waals surface area (Å²) >= 11 is 0. The molecule has 0 aromatic heterocycles. The van der Waals surface area contributed by atoms with E-state index in [0.717, 1.165) is 11.1 Å². The largest absolute Gasteiger partial charge is 0.378 e. The maximum Gasteiger partial charge on any atom is 0.339 e. The molecule has 0 fully saturated rings. The fraction of sp³-hybridized carbons (Fsp3) is 0.176. The van der Waals surface area contributed by atoms with Crippen LogP contribution in [-0.4, -0.2) is 8.42 Å². The second-order valence-corrected chi connectivity index (χ2v) is 6.51. The van der Waals surface area contributed by atoms with E-state index >= 15 is 0 Å². The van der Waals surface area contributed by atoms with E-state index in [1.54, 1.807) is 31.2 Å². The average molecular weight is 302 g/mol. The van der Waals surface area contributed by atoms with Gasteiger partial charge in [-0.05, 0) is 38.0 Å². The zero-order valence-corrected chi connectivity index (χ0v) is 13.1. The zero-order chi connectivity index (χ0) is 15.5. The Hall–Kier alpha value is -2.07. The van der Waals surface area contributed by atoms with Crippen molar-refractivity contribution < 1.29 is 12.6 Å². The number of aryl methyl sites for hydroxylation is 1. The Labute approximate surface area is 126 Å². The Bertz CT molecular complexity index is 756. The van der Waals surface area contributed by atoms with Gasteiger partial charge in [-0.3, -0.25) is 0 Å². The van der Waals surface area contributed by atoms with Gasteiger partial charge in [0.15, 0.2) is 0 Å². The van der Waals surface area contributed by atoms with Crippen LogP contribution in [0.25, 0.3) is 5.76 Å². The van der Waals surface area contributed by atoms with Crippen LogP contribution in [0.15, 0.2) is 65.1 Å². The first-order chi connectivity index (χ1) is 9.92. The monoisotopic (exact) mass is 302 g/mol. The molecule has 0 saturated carbocycles. The van der Waals surface area contributed by atoms with Crippen molar-refractivity contribution in [2.24, 2.45) is 0 Å². The van der Waals surface area contributed by atoms with Gasteiger partial charge in [-0.1, -0.05) is 48.5 Å². The molecule has 2 aromatic rings. The number of hydrogen-bond acceptors (Lipinski definition) is 3. The predicted molar refractivity (Wildman–Crippen MR) is 84.2 cm³/mol. The maximum absolute atomic E-state index is 12.5. The highest BCUT2D eigenvalue weighted by Gasteiger charge is 2.21. The van der Waals surface area contributed by atoms with E-state index < -0.39 is 10.1 Å². The lowest BCUT2D eigenvalue weighted by Gasteiger charge is -2.14. The minimum atomic E-state index is -3.84. The average Bonchev–Trinajstić information content (AvgIpc) is 2.46. The Morgan fingerprint density at radius 3 is 2.05 bits per heavy atom. The van der Waals surface area contributed by atoms with Gasteiger partial charge in [0, 0.05) is 5.56 Å². The number of rotatable bonds is 4. The molecule has 0 heterocycles. The van der Waals surface area contributed by atoms with Crippen molar-refractivity contribution in [1.29, 1.82) is 0 Å². The highest BCUT2D eigenvalue weighted by Crippen LogP contribution is 2.26. The molecule has 0 saturated heterocycles. The fourth-order valence-electron chi connectivity index (χ4n) is 2.00. The summed E-state index contributed by atoms with van der Waals surface area (Å²) in [5, 5.41) is 0. The third-order valence-electron chi connectivity index (χ3n) is 3.05. The quantitative estimate of drug-likeness (QED) is 0.629. The van der Waals surface area contributed by atoms with Crippen LogP contribution >= 0.6 is 0 Å². The number of benzene rings is 2. The van der Waals surface area contributed by atoms with Gasteiger partial charge in [-0.15, -0.1) is 0 Å². The predicted octanol–water partition coefficient (Wildman–Crippen LogP) is 4.15. The van der Waals surface area contributed by atoms with E-state index in [1.807, 2.05) is 44.2 Å². The number of hydrogen-bond donors (Lipinski definition) is 0. The van der Waals surface area contributed by atoms with Crippen molar-refractivity contribution in [2.75, 3.05) is 0 Å². The highest BCUT2D eigenvalue weighted by atomic mass is 32.2. The Morgan fingerprint density at radius 1 is 0.905 bits per heavy atom. The van der Waals surface area contributed by atoms with Crippen molar-refractivity contribution in [3.8, 4) is 0 Å². The van der Waals surface area contributed by atoms with Crippen LogP contribution in [-0.2, 0) is 14.3 Å². The molecule has 0 N–H and O–H groups in total. The van der Waals surface area contributed by atoms with Crippen LogP contribution in [0.4, 0.5) is 0 Å². The van der Waals surface area contributed by atoms with E-state index in [0.29, 0.717) is 11.3 Å². The summed E-state index contributed by atoms with van der Waals surface area (Å²) in [7, 11) is -3.84. The summed E-state index contributed by atoms with van der Waals surface area (Å²) < 4.78 is 30.4. The fourth-order valence-corrected chi connectivity index (χ4v) is 3.28. The molecule has 0 amide bonds. The molecule has 0 bridgehead atoms. The molecule has 0 unspecified atom stereocenters. The van der Waals surface area contributed by atoms with Gasteiger partial charge in [0.25, 0.3) is 0 Å². The lowest BCUT2D eigenvalue weighted by Crippen LogP contribution is -2.08. The summed E-state index contributed by atoms with van der Waals surface area (Å²) in [4.78, 5) is 0.194. The van der Waals surface area contributed by atoms with E-state index in [2.05, 4.69) is 0 Å². The molecule has 2 rings (SSSR count). The highest BCUT2D eigenvalue weighted by molar-refractivity contribution is 7.87. The number of allylic oxidation sites excluding steroid dienone is 1. The van der Waals surface area contributed by atoms with Crippen LogP contribution in [0.2, 0.25) is 0 Å². The SMILES string of the molecule is CC(C)=C(OS(=O)(=O)c1ccccc1C)c1ccccc1. The van der Waals surface area contributed by atoms with Gasteiger partial charge < -0.3 is 4.18 Å². The minimum absolute atomic E-state index is 0.194. The molecule has 0 aliphatic carbocycles. The van der Waals surface area contributed by atoms with E-state index in [4.69, 9.17) is 4.18 Å². The molecule has 2 aromatic carbocycles. The van der Waals surface area contributed by atoms with E-state index in [1.165, 1.54) is 0 Å². The standard InChI is InChI=1S/C17H18O3S/c1-13(2)17(15-10-5-4-6-11-15)20-21(18,19)16-12-8-7-9-14(16)3/h4-12H,1-3H3. The second kappa shape index (κ2) is 6.14. The lowest BCUT2D eigenvalue weighted by atomic mass is 10.1. The van der Waals surface area contributed by atoms with Crippen LogP contribution in [0, 0.1) is 6.92 Å². The van der Waals surface area contributed by atoms with Gasteiger partial charge >= 0.3 is 10.1 Å². The smallest absolute Gasteiger partial charge is 0.339 e. The first kappa shape index (κ1) is 15.3. The first-order valence-electron chi connectivity index (χ1n) is 6.65. The molecular weight excluding hydrogens is 284 g/mol. The van der Waals surface area contributed by atoms with Gasteiger partial charge in [0.1, 0.15) is 10.7 Å². The van der Waals surface area contributed by atoms with Gasteiger partial charge in [-0.2, -0.15) is 8.42 Å². The zero-order valence-electron chi connectivity index (χ0n) is 12.3. The topological polar surface area (TPSA) is 43.4 Å². The Balaban J connectivity index is 2.44. The molecule has 0 aliphatic heterocycles. The van der Waals surface area contributed by atoms with Crippen molar-refractivity contribution in [1.82, 2.24) is 0 Å². The summed E-state index contributed by atoms with van der Waals surface area (Å²) in [6, 6.07) is 16.0. The molecule has 0 aliphatic rings. The van der Waals surface area contributed by atoms with Gasteiger partial charge in [0.05, 0.1) is 0 Å². The Kier molecular flexibility index (Phi) is 4.48. The van der Waals surface area contributed by atoms with Crippen molar-refractivity contribution in [2.45, 2.75) is 25.7 Å².